The molecule has 7 nitrogen and oxygen atoms in total. The lowest BCUT2D eigenvalue weighted by Crippen LogP contribution is -2.39. The van der Waals surface area contributed by atoms with E-state index in [9.17, 15) is 4.79 Å². The van der Waals surface area contributed by atoms with Crippen molar-refractivity contribution in [3.63, 3.8) is 0 Å². The van der Waals surface area contributed by atoms with E-state index < -0.39 is 6.04 Å². The summed E-state index contributed by atoms with van der Waals surface area (Å²) in [4.78, 5) is 19.8. The molecule has 0 aromatic carbocycles. The minimum Gasteiger partial charge on any atom is -0.358 e. The van der Waals surface area contributed by atoms with Crippen LogP contribution >= 0.6 is 15.9 Å². The number of rotatable bonds is 6. The highest BCUT2D eigenvalue weighted by atomic mass is 79.9. The summed E-state index contributed by atoms with van der Waals surface area (Å²) >= 11 is 3.32. The summed E-state index contributed by atoms with van der Waals surface area (Å²) < 4.78 is 0.584. The number of amides is 1. The number of hydrogen-bond acceptors (Lipinski definition) is 6. The van der Waals surface area contributed by atoms with Crippen molar-refractivity contribution in [3.8, 4) is 0 Å². The maximum atomic E-state index is 11.8. The van der Waals surface area contributed by atoms with Crippen molar-refractivity contribution in [2.45, 2.75) is 26.8 Å². The summed E-state index contributed by atoms with van der Waals surface area (Å²) in [6.45, 7) is 6.49. The van der Waals surface area contributed by atoms with Gasteiger partial charge in [0, 0.05) is 6.54 Å². The molecule has 1 rings (SSSR count). The fraction of sp³-hybridized carbons (Fsp3) is 0.545. The SMILES string of the molecule is CC(C)CNC(=O)C(C)Nc1ncnc(NN)c1Br. The zero-order valence-corrected chi connectivity index (χ0v) is 12.8. The summed E-state index contributed by atoms with van der Waals surface area (Å²) in [5.41, 5.74) is 2.44. The normalized spacial score (nSPS) is 12.1. The van der Waals surface area contributed by atoms with Crippen LogP contribution in [0.25, 0.3) is 0 Å². The van der Waals surface area contributed by atoms with E-state index in [0.717, 1.165) is 0 Å². The van der Waals surface area contributed by atoms with Crippen LogP contribution in [-0.2, 0) is 4.79 Å². The van der Waals surface area contributed by atoms with Crippen molar-refractivity contribution in [1.29, 1.82) is 0 Å². The van der Waals surface area contributed by atoms with E-state index in [1.165, 1.54) is 6.33 Å². The van der Waals surface area contributed by atoms with E-state index in [2.05, 4.69) is 42.0 Å². The van der Waals surface area contributed by atoms with Gasteiger partial charge in [-0.25, -0.2) is 15.8 Å². The van der Waals surface area contributed by atoms with Gasteiger partial charge in [-0.3, -0.25) is 4.79 Å². The van der Waals surface area contributed by atoms with Crippen LogP contribution in [0.2, 0.25) is 0 Å². The number of nitrogens with two attached hydrogens (primary N) is 1. The van der Waals surface area contributed by atoms with Gasteiger partial charge in [0.2, 0.25) is 5.91 Å². The Morgan fingerprint density at radius 1 is 1.37 bits per heavy atom. The third-order valence-electron chi connectivity index (χ3n) is 2.36. The first-order valence-corrected chi connectivity index (χ1v) is 6.76. The topological polar surface area (TPSA) is 105 Å². The van der Waals surface area contributed by atoms with Crippen LogP contribution in [0.15, 0.2) is 10.8 Å². The minimum absolute atomic E-state index is 0.0820. The van der Waals surface area contributed by atoms with Gasteiger partial charge in [0.25, 0.3) is 0 Å². The zero-order chi connectivity index (χ0) is 14.4. The van der Waals surface area contributed by atoms with Gasteiger partial charge in [0.1, 0.15) is 22.7 Å². The quantitative estimate of drug-likeness (QED) is 0.460. The van der Waals surface area contributed by atoms with Crippen molar-refractivity contribution in [2.75, 3.05) is 17.3 Å². The van der Waals surface area contributed by atoms with Gasteiger partial charge in [-0.05, 0) is 28.8 Å². The Bertz CT molecular complexity index is 439. The van der Waals surface area contributed by atoms with Crippen molar-refractivity contribution in [3.05, 3.63) is 10.8 Å². The number of hydrogen-bond donors (Lipinski definition) is 4. The molecule has 1 aromatic heterocycles. The van der Waals surface area contributed by atoms with Crippen LogP contribution in [0.1, 0.15) is 20.8 Å². The van der Waals surface area contributed by atoms with Crippen molar-refractivity contribution < 1.29 is 4.79 Å². The second-order valence-corrected chi connectivity index (χ2v) is 5.33. The maximum Gasteiger partial charge on any atom is 0.242 e. The van der Waals surface area contributed by atoms with Crippen molar-refractivity contribution in [1.82, 2.24) is 15.3 Å². The fourth-order valence-corrected chi connectivity index (χ4v) is 1.73. The second kappa shape index (κ2) is 7.25. The molecule has 0 aliphatic rings. The number of nitrogens with zero attached hydrogens (tertiary/aromatic N) is 2. The molecule has 19 heavy (non-hydrogen) atoms. The van der Waals surface area contributed by atoms with Crippen molar-refractivity contribution in [2.24, 2.45) is 11.8 Å². The predicted molar refractivity (Wildman–Crippen MR) is 78.5 cm³/mol. The molecule has 1 aromatic rings. The molecule has 0 saturated heterocycles. The van der Waals surface area contributed by atoms with Crippen molar-refractivity contribution >= 4 is 33.5 Å². The van der Waals surface area contributed by atoms with Gasteiger partial charge < -0.3 is 16.1 Å². The smallest absolute Gasteiger partial charge is 0.242 e. The number of aromatic nitrogens is 2. The molecule has 106 valence electrons. The lowest BCUT2D eigenvalue weighted by atomic mass is 10.2. The van der Waals surface area contributed by atoms with Gasteiger partial charge in [-0.2, -0.15) is 0 Å². The van der Waals surface area contributed by atoms with E-state index in [1.54, 1.807) is 6.92 Å². The zero-order valence-electron chi connectivity index (χ0n) is 11.2. The van der Waals surface area contributed by atoms with Gasteiger partial charge in [-0.1, -0.05) is 13.8 Å². The number of nitrogens with one attached hydrogen (secondary N) is 3. The summed E-state index contributed by atoms with van der Waals surface area (Å²) in [6.07, 6.45) is 1.36. The average molecular weight is 331 g/mol. The first-order chi connectivity index (χ1) is 8.95. The Hall–Kier alpha value is -1.41. The lowest BCUT2D eigenvalue weighted by Gasteiger charge is -2.17. The maximum absolute atomic E-state index is 11.8. The van der Waals surface area contributed by atoms with E-state index in [0.29, 0.717) is 28.6 Å². The highest BCUT2D eigenvalue weighted by Gasteiger charge is 2.16. The second-order valence-electron chi connectivity index (χ2n) is 4.53. The standard InChI is InChI=1S/C11H19BrN6O/c1-6(2)4-14-11(19)7(3)17-9-8(12)10(18-13)16-5-15-9/h5-7H,4,13H2,1-3H3,(H,14,19)(H2,15,16,17,18). The summed E-state index contributed by atoms with van der Waals surface area (Å²) in [7, 11) is 0. The molecule has 1 atom stereocenters. The highest BCUT2D eigenvalue weighted by molar-refractivity contribution is 9.10. The number of nitrogen functional groups attached to an aromatic ring is 1. The molecular weight excluding hydrogens is 312 g/mol. The molecule has 1 heterocycles. The Labute approximate surface area is 120 Å². The van der Waals surface area contributed by atoms with E-state index >= 15 is 0 Å². The van der Waals surface area contributed by atoms with E-state index in [-0.39, 0.29) is 5.91 Å². The number of anilines is 2. The molecule has 1 amide bonds. The Morgan fingerprint density at radius 2 is 2.00 bits per heavy atom. The molecule has 0 radical (unpaired) electrons. The molecule has 0 aliphatic carbocycles. The summed E-state index contributed by atoms with van der Waals surface area (Å²) in [5.74, 6) is 6.60. The number of halogens is 1. The van der Waals surface area contributed by atoms with Gasteiger partial charge in [-0.15, -0.1) is 0 Å². The van der Waals surface area contributed by atoms with E-state index in [1.807, 2.05) is 13.8 Å². The first-order valence-electron chi connectivity index (χ1n) is 5.97. The van der Waals surface area contributed by atoms with Crippen LogP contribution in [0.4, 0.5) is 11.6 Å². The minimum atomic E-state index is -0.407. The molecule has 0 saturated carbocycles. The lowest BCUT2D eigenvalue weighted by molar-refractivity contribution is -0.121. The average Bonchev–Trinajstić information content (AvgIpc) is 2.38. The monoisotopic (exact) mass is 330 g/mol. The molecule has 0 fully saturated rings. The van der Waals surface area contributed by atoms with Gasteiger partial charge in [0.05, 0.1) is 0 Å². The fourth-order valence-electron chi connectivity index (χ4n) is 1.30. The summed E-state index contributed by atoms with van der Waals surface area (Å²) in [6, 6.07) is -0.407. The van der Waals surface area contributed by atoms with Crippen LogP contribution in [0, 0.1) is 5.92 Å². The van der Waals surface area contributed by atoms with Gasteiger partial charge >= 0.3 is 0 Å². The Balaban J connectivity index is 2.66. The number of hydrazine groups is 1. The molecule has 0 spiro atoms. The molecule has 0 bridgehead atoms. The third kappa shape index (κ3) is 4.64. The largest absolute Gasteiger partial charge is 0.358 e. The molecule has 0 aliphatic heterocycles. The Kier molecular flexibility index (Phi) is 5.97. The van der Waals surface area contributed by atoms with Gasteiger partial charge in [0.15, 0.2) is 5.82 Å². The molecule has 1 unspecified atom stereocenters. The van der Waals surface area contributed by atoms with Crippen LogP contribution < -0.4 is 21.9 Å². The van der Waals surface area contributed by atoms with Crippen LogP contribution in [-0.4, -0.2) is 28.5 Å². The molecule has 5 N–H and O–H groups in total. The number of carbonyl (C=O) groups is 1. The van der Waals surface area contributed by atoms with Crippen LogP contribution in [0.5, 0.6) is 0 Å². The van der Waals surface area contributed by atoms with Crippen LogP contribution in [0.3, 0.4) is 0 Å². The van der Waals surface area contributed by atoms with E-state index in [4.69, 9.17) is 5.84 Å². The third-order valence-corrected chi connectivity index (χ3v) is 3.11. The number of carbonyl (C=O) groups excluding carboxylic acids is 1. The summed E-state index contributed by atoms with van der Waals surface area (Å²) in [5, 5.41) is 5.85. The predicted octanol–water partition coefficient (Wildman–Crippen LogP) is 1.10. The molecule has 8 heteroatoms. The highest BCUT2D eigenvalue weighted by Crippen LogP contribution is 2.26. The Morgan fingerprint density at radius 3 is 2.58 bits per heavy atom. The molecular formula is C11H19BrN6O. The first kappa shape index (κ1) is 15.6.